The molecule has 14 N–H and O–H groups in total. The largest absolute Gasteiger partial charge is 0.508 e. The first-order valence-electron chi connectivity index (χ1n) is 26.4. The van der Waals surface area contributed by atoms with E-state index >= 15 is 0 Å². The van der Waals surface area contributed by atoms with Gasteiger partial charge in [-0.05, 0) is 150 Å². The number of nitrogens with two attached hydrogens (primary N) is 2. The molecule has 18 heteroatoms. The fourth-order valence-corrected chi connectivity index (χ4v) is 10.5. The zero-order valence-corrected chi connectivity index (χ0v) is 46.2. The van der Waals surface area contributed by atoms with Crippen molar-refractivity contribution in [2.24, 2.45) is 58.8 Å². The maximum Gasteiger partial charge on any atom is 0.405 e. The number of phenolic OH excluding ortho intramolecular Hbond substituents is 2. The smallest absolute Gasteiger partial charge is 0.405 e. The number of carbonyl (C=O) groups excluding carboxylic acids is 4. The molecule has 4 rings (SSSR count). The Morgan fingerprint density at radius 2 is 1.07 bits per heavy atom. The molecule has 0 unspecified atom stereocenters. The number of allylic oxidation sites excluding steroid dienone is 2. The number of aryl methyl sites for hydroxylation is 1. The van der Waals surface area contributed by atoms with Crippen LogP contribution in [-0.2, 0) is 31.9 Å². The molecule has 2 aromatic carbocycles. The lowest BCUT2D eigenvalue weighted by Crippen LogP contribution is -2.34. The average molecular weight is 1070 g/mol. The number of fused-ring (bicyclic) bond motifs is 4. The number of aromatic hydroxyl groups is 2. The van der Waals surface area contributed by atoms with Crippen LogP contribution in [-0.4, -0.2) is 116 Å². The van der Waals surface area contributed by atoms with Gasteiger partial charge in [-0.15, -0.1) is 0 Å². The number of hydrogen-bond acceptors (Lipinski definition) is 14. The van der Waals surface area contributed by atoms with Gasteiger partial charge in [0.1, 0.15) is 23.7 Å². The average Bonchev–Trinajstić information content (AvgIpc) is 3.36. The molecule has 0 aromatic heterocycles. The summed E-state index contributed by atoms with van der Waals surface area (Å²) in [5.74, 6) is -3.13. The first-order chi connectivity index (χ1) is 35.8. The fourth-order valence-electron chi connectivity index (χ4n) is 10.5. The number of anilines is 2. The molecule has 2 aliphatic heterocycles. The number of benzene rings is 2. The highest BCUT2D eigenvalue weighted by molar-refractivity contribution is 6.04. The van der Waals surface area contributed by atoms with Gasteiger partial charge in [-0.1, -0.05) is 58.1 Å². The highest BCUT2D eigenvalue weighted by Crippen LogP contribution is 2.36. The topological polar surface area (TPSA) is 325 Å². The van der Waals surface area contributed by atoms with Crippen molar-refractivity contribution in [3.63, 3.8) is 0 Å². The maximum atomic E-state index is 12.8. The molecule has 18 nitrogen and oxygen atoms in total. The second kappa shape index (κ2) is 30.8. The fraction of sp³-hybridized carbons (Fsp3) is 0.586. The predicted molar refractivity (Wildman–Crippen MR) is 293 cm³/mol. The number of aliphatic hydroxyl groups is 6. The normalized spacial score (nSPS) is 30.9. The summed E-state index contributed by atoms with van der Waals surface area (Å²) in [6.45, 7) is 17.2. The molecule has 0 saturated heterocycles. The molecule has 0 fully saturated rings. The Labute approximate surface area is 449 Å². The molecule has 0 radical (unpaired) electrons. The van der Waals surface area contributed by atoms with Crippen molar-refractivity contribution in [3.05, 3.63) is 93.1 Å². The zero-order chi connectivity index (χ0) is 57.1. The number of aliphatic hydroxyl groups excluding tert-OH is 6. The molecule has 2 aliphatic rings. The van der Waals surface area contributed by atoms with E-state index in [2.05, 4.69) is 10.6 Å². The SMILES string of the molecule is C/C1=C\CC[C@H](CO)[C@@H](OC(N)=O)/C(C)=C/[C@H](C)[C@@H](O)[C@@H](CO)C[C@H](C)Cc2c(C)ccc(c2O)NC1=O.C/C1=C\CC[C@H](CO)[C@@H](OC(N)=O)/C(C)=C/[C@H](C)[C@@H](O)[C@@H](CO)C[C@H](C)Cc2cc(cc(O)c2C)NC1=O. The lowest BCUT2D eigenvalue weighted by molar-refractivity contribution is -0.113. The van der Waals surface area contributed by atoms with Crippen LogP contribution in [0.25, 0.3) is 0 Å². The predicted octanol–water partition coefficient (Wildman–Crippen LogP) is 7.14. The molecular weight excluding hydrogens is 977 g/mol. The van der Waals surface area contributed by atoms with Crippen molar-refractivity contribution < 1.29 is 69.5 Å². The number of amides is 4. The summed E-state index contributed by atoms with van der Waals surface area (Å²) >= 11 is 0. The van der Waals surface area contributed by atoms with Crippen molar-refractivity contribution >= 4 is 35.4 Å². The van der Waals surface area contributed by atoms with Crippen LogP contribution in [0.3, 0.4) is 0 Å². The first kappa shape index (κ1) is 64.5. The van der Waals surface area contributed by atoms with Crippen molar-refractivity contribution in [2.45, 2.75) is 145 Å². The number of nitrogens with one attached hydrogen (secondary N) is 2. The molecule has 0 spiro atoms. The van der Waals surface area contributed by atoms with Crippen LogP contribution in [0.1, 0.15) is 116 Å². The standard InChI is InChI=1S/2C29H44N2O7/c1-16-9-22-12-24(13-25(34)20(22)5)31-28(36)17(2)7-6-8-21(14-32)27(38-29(30)37)19(4)11-18(3)26(35)23(10-16)15-33;1-16-11-22(15-33)25(34)19(4)13-20(5)27(38-29(30)37)21(14-32)8-6-7-18(3)28(36)31-24-10-9-17(2)23(12-16)26(24)35/h7,11-13,16,18,21,23,26-27,32-35H,6,8-10,14-15H2,1-5H3,(H2,30,37)(H,31,36);7,9-10,13,16,19,21-22,25,27,32-35H,6,8,11-12,14-15H2,1-5H3,(H2,30,37)(H,31,36)/b17-7+,19-11+;18-7+,20-13+/t16-,18+,21-,23-,26-,27+;16-,19-,21+,22+,25+,27-/m10/s1. The summed E-state index contributed by atoms with van der Waals surface area (Å²) in [7, 11) is 0. The van der Waals surface area contributed by atoms with Crippen molar-refractivity contribution in [3.8, 4) is 11.5 Å². The summed E-state index contributed by atoms with van der Waals surface area (Å²) in [5, 5.41) is 89.7. The summed E-state index contributed by atoms with van der Waals surface area (Å²) in [6.07, 6.45) is 5.50. The Morgan fingerprint density at radius 1 is 0.632 bits per heavy atom. The number of hydrogen-bond donors (Lipinski definition) is 12. The van der Waals surface area contributed by atoms with Crippen LogP contribution in [0.2, 0.25) is 0 Å². The summed E-state index contributed by atoms with van der Waals surface area (Å²) < 4.78 is 10.7. The number of rotatable bonds is 6. The molecule has 0 saturated carbocycles. The van der Waals surface area contributed by atoms with Crippen LogP contribution >= 0.6 is 0 Å². The Morgan fingerprint density at radius 3 is 1.50 bits per heavy atom. The highest BCUT2D eigenvalue weighted by Gasteiger charge is 2.32. The number of primary amides is 2. The van der Waals surface area contributed by atoms with Gasteiger partial charge in [-0.2, -0.15) is 0 Å². The van der Waals surface area contributed by atoms with Crippen LogP contribution in [0.5, 0.6) is 11.5 Å². The molecule has 2 heterocycles. The molecule has 76 heavy (non-hydrogen) atoms. The second-order valence-electron chi connectivity index (χ2n) is 21.5. The molecule has 4 amide bonds. The van der Waals surface area contributed by atoms with Gasteiger partial charge in [0.25, 0.3) is 11.8 Å². The van der Waals surface area contributed by atoms with Crippen molar-refractivity contribution in [1.29, 1.82) is 0 Å². The van der Waals surface area contributed by atoms with E-state index < -0.39 is 60.3 Å². The third kappa shape index (κ3) is 19.1. The molecule has 4 bridgehead atoms. The van der Waals surface area contributed by atoms with E-state index in [1.54, 1.807) is 58.1 Å². The number of ether oxygens (including phenoxy) is 2. The van der Waals surface area contributed by atoms with Gasteiger partial charge in [0.05, 0.1) is 17.9 Å². The Balaban J connectivity index is 0.000000400. The van der Waals surface area contributed by atoms with Gasteiger partial charge < -0.3 is 72.4 Å². The van der Waals surface area contributed by atoms with Crippen LogP contribution < -0.4 is 22.1 Å². The van der Waals surface area contributed by atoms with Crippen molar-refractivity contribution in [2.75, 3.05) is 37.1 Å². The molecular formula is C58H88N4O14. The Kier molecular flexibility index (Phi) is 26.2. The summed E-state index contributed by atoms with van der Waals surface area (Å²) in [5.41, 5.74) is 16.8. The van der Waals surface area contributed by atoms with Crippen molar-refractivity contribution in [1.82, 2.24) is 0 Å². The van der Waals surface area contributed by atoms with E-state index in [4.69, 9.17) is 20.9 Å². The van der Waals surface area contributed by atoms with E-state index in [-0.39, 0.29) is 73.4 Å². The lowest BCUT2D eigenvalue weighted by atomic mass is 9.82. The zero-order valence-electron chi connectivity index (χ0n) is 46.2. The van der Waals surface area contributed by atoms with Crippen LogP contribution in [0, 0.1) is 61.2 Å². The molecule has 0 aliphatic carbocycles. The molecule has 2 aromatic rings. The Hall–Kier alpha value is -5.76. The molecule has 424 valence electrons. The van der Waals surface area contributed by atoms with E-state index in [9.17, 15) is 60.0 Å². The van der Waals surface area contributed by atoms with Crippen LogP contribution in [0.4, 0.5) is 21.0 Å². The first-order valence-corrected chi connectivity index (χ1v) is 26.4. The lowest BCUT2D eigenvalue weighted by Gasteiger charge is -2.30. The summed E-state index contributed by atoms with van der Waals surface area (Å²) in [4.78, 5) is 49.0. The number of carbonyl (C=O) groups is 4. The van der Waals surface area contributed by atoms with Gasteiger partial charge in [-0.25, -0.2) is 9.59 Å². The van der Waals surface area contributed by atoms with Gasteiger partial charge in [0.15, 0.2) is 0 Å². The minimum atomic E-state index is -0.974. The van der Waals surface area contributed by atoms with Gasteiger partial charge >= 0.3 is 12.2 Å². The van der Waals surface area contributed by atoms with E-state index in [0.29, 0.717) is 90.6 Å². The monoisotopic (exact) mass is 1060 g/mol. The van der Waals surface area contributed by atoms with E-state index in [0.717, 1.165) is 16.7 Å². The third-order valence-corrected chi connectivity index (χ3v) is 15.0. The van der Waals surface area contributed by atoms with E-state index in [1.807, 2.05) is 53.7 Å². The van der Waals surface area contributed by atoms with Gasteiger partial charge in [0, 0.05) is 84.8 Å². The van der Waals surface area contributed by atoms with Gasteiger partial charge in [-0.3, -0.25) is 9.59 Å². The Bertz CT molecular complexity index is 2400. The summed E-state index contributed by atoms with van der Waals surface area (Å²) in [6, 6.07) is 6.87. The highest BCUT2D eigenvalue weighted by atomic mass is 16.6. The quantitative estimate of drug-likeness (QED) is 0.101. The minimum Gasteiger partial charge on any atom is -0.508 e. The minimum absolute atomic E-state index is 0.00283. The number of phenols is 2. The van der Waals surface area contributed by atoms with Crippen LogP contribution in [0.15, 0.2) is 70.9 Å². The second-order valence-corrected chi connectivity index (χ2v) is 21.5. The maximum absolute atomic E-state index is 12.8. The van der Waals surface area contributed by atoms with E-state index in [1.165, 1.54) is 6.07 Å². The van der Waals surface area contributed by atoms with Gasteiger partial charge in [0.2, 0.25) is 0 Å². The third-order valence-electron chi connectivity index (χ3n) is 15.0. The molecule has 12 atom stereocenters.